The van der Waals surface area contributed by atoms with Gasteiger partial charge in [0.15, 0.2) is 0 Å². The summed E-state index contributed by atoms with van der Waals surface area (Å²) < 4.78 is 5.53. The molecule has 0 spiro atoms. The molecule has 0 saturated heterocycles. The number of hydrogen-bond acceptors (Lipinski definition) is 2. The van der Waals surface area contributed by atoms with Gasteiger partial charge in [0.1, 0.15) is 0 Å². The van der Waals surface area contributed by atoms with Gasteiger partial charge in [-0.15, -0.1) is 0 Å². The molecule has 86 valence electrons. The van der Waals surface area contributed by atoms with E-state index in [1.165, 1.54) is 6.42 Å². The molecule has 0 heterocycles. The lowest BCUT2D eigenvalue weighted by Crippen LogP contribution is -2.09. The maximum Gasteiger partial charge on any atom is 0.0471 e. The van der Waals surface area contributed by atoms with Gasteiger partial charge in [0.25, 0.3) is 0 Å². The highest BCUT2D eigenvalue weighted by Gasteiger charge is 2.08. The Hall–Kier alpha value is -0.0800. The van der Waals surface area contributed by atoms with Crippen LogP contribution in [0.2, 0.25) is 0 Å². The molecule has 0 aromatic rings. The second-order valence-corrected chi connectivity index (χ2v) is 5.06. The second-order valence-electron chi connectivity index (χ2n) is 5.06. The fraction of sp³-hybridized carbons (Fsp3) is 1.00. The third-order valence-electron chi connectivity index (χ3n) is 2.19. The summed E-state index contributed by atoms with van der Waals surface area (Å²) in [5, 5.41) is 8.57. The van der Waals surface area contributed by atoms with Crippen LogP contribution in [0.3, 0.4) is 0 Å². The van der Waals surface area contributed by atoms with Gasteiger partial charge in [0.2, 0.25) is 0 Å². The molecule has 0 aromatic heterocycles. The maximum atomic E-state index is 8.57. The fourth-order valence-corrected chi connectivity index (χ4v) is 1.15. The Morgan fingerprint density at radius 3 is 2.14 bits per heavy atom. The predicted molar refractivity (Wildman–Crippen MR) is 60.4 cm³/mol. The van der Waals surface area contributed by atoms with Gasteiger partial charge >= 0.3 is 0 Å². The van der Waals surface area contributed by atoms with E-state index in [2.05, 4.69) is 20.8 Å². The van der Waals surface area contributed by atoms with Gasteiger partial charge < -0.3 is 9.84 Å². The Kier molecular flexibility index (Phi) is 8.20. The van der Waals surface area contributed by atoms with Gasteiger partial charge in [-0.3, -0.25) is 0 Å². The van der Waals surface area contributed by atoms with Gasteiger partial charge in [-0.2, -0.15) is 0 Å². The van der Waals surface area contributed by atoms with Crippen molar-refractivity contribution in [2.75, 3.05) is 19.8 Å². The zero-order chi connectivity index (χ0) is 10.9. The minimum atomic E-state index is 0.324. The first kappa shape index (κ1) is 13.9. The smallest absolute Gasteiger partial charge is 0.0471 e. The first-order chi connectivity index (χ1) is 6.56. The van der Waals surface area contributed by atoms with Crippen molar-refractivity contribution >= 4 is 0 Å². The van der Waals surface area contributed by atoms with Crippen molar-refractivity contribution in [2.45, 2.75) is 52.9 Å². The number of unbranched alkanes of at least 4 members (excludes halogenated alkanes) is 3. The molecule has 0 aromatic carbocycles. The summed E-state index contributed by atoms with van der Waals surface area (Å²) in [6.07, 6.45) is 5.49. The molecular formula is C12H26O2. The Bertz CT molecular complexity index is 116. The number of rotatable bonds is 8. The Labute approximate surface area is 88.7 Å². The predicted octanol–water partition coefficient (Wildman–Crippen LogP) is 2.99. The standard InChI is InChI=1S/C12H26O2/c1-12(2,3)8-11-14-10-7-5-4-6-9-13/h13H,4-11H2,1-3H3. The lowest BCUT2D eigenvalue weighted by atomic mass is 9.93. The molecule has 2 nitrogen and oxygen atoms in total. The molecule has 0 aliphatic heterocycles. The van der Waals surface area contributed by atoms with Crippen LogP contribution in [0.1, 0.15) is 52.9 Å². The van der Waals surface area contributed by atoms with Crippen molar-refractivity contribution in [3.05, 3.63) is 0 Å². The minimum absolute atomic E-state index is 0.324. The average Bonchev–Trinajstić information content (AvgIpc) is 2.08. The van der Waals surface area contributed by atoms with Crippen LogP contribution in [0.25, 0.3) is 0 Å². The average molecular weight is 202 g/mol. The van der Waals surface area contributed by atoms with Crippen molar-refractivity contribution in [3.8, 4) is 0 Å². The van der Waals surface area contributed by atoms with Crippen LogP contribution in [0.15, 0.2) is 0 Å². The molecule has 0 aliphatic rings. The molecule has 0 fully saturated rings. The second kappa shape index (κ2) is 8.25. The van der Waals surface area contributed by atoms with Crippen molar-refractivity contribution in [1.82, 2.24) is 0 Å². The highest BCUT2D eigenvalue weighted by molar-refractivity contribution is 4.59. The van der Waals surface area contributed by atoms with E-state index >= 15 is 0 Å². The number of aliphatic hydroxyl groups is 1. The van der Waals surface area contributed by atoms with E-state index in [1.807, 2.05) is 0 Å². The molecule has 0 radical (unpaired) electrons. The number of hydrogen-bond donors (Lipinski definition) is 1. The van der Waals surface area contributed by atoms with Crippen molar-refractivity contribution < 1.29 is 9.84 Å². The van der Waals surface area contributed by atoms with E-state index in [1.54, 1.807) is 0 Å². The summed E-state index contributed by atoms with van der Waals surface area (Å²) in [5.41, 5.74) is 0.386. The largest absolute Gasteiger partial charge is 0.396 e. The SMILES string of the molecule is CC(C)(C)CCOCCCCCCO. The Balaban J connectivity index is 2.99. The highest BCUT2D eigenvalue weighted by atomic mass is 16.5. The quantitative estimate of drug-likeness (QED) is 0.613. The molecule has 14 heavy (non-hydrogen) atoms. The van der Waals surface area contributed by atoms with E-state index in [-0.39, 0.29) is 0 Å². The Morgan fingerprint density at radius 2 is 1.57 bits per heavy atom. The van der Waals surface area contributed by atoms with E-state index in [4.69, 9.17) is 9.84 Å². The van der Waals surface area contributed by atoms with Crippen LogP contribution in [0.5, 0.6) is 0 Å². The van der Waals surface area contributed by atoms with Crippen LogP contribution in [0, 0.1) is 5.41 Å². The highest BCUT2D eigenvalue weighted by Crippen LogP contribution is 2.17. The summed E-state index contributed by atoms with van der Waals surface area (Å²) in [5.74, 6) is 0. The van der Waals surface area contributed by atoms with E-state index in [0.717, 1.165) is 38.9 Å². The molecular weight excluding hydrogens is 176 g/mol. The van der Waals surface area contributed by atoms with Crippen molar-refractivity contribution in [2.24, 2.45) is 5.41 Å². The summed E-state index contributed by atoms with van der Waals surface area (Å²) in [4.78, 5) is 0. The van der Waals surface area contributed by atoms with E-state index in [9.17, 15) is 0 Å². The topological polar surface area (TPSA) is 29.5 Å². The normalized spacial score (nSPS) is 12.0. The molecule has 1 N–H and O–H groups in total. The number of ether oxygens (including phenoxy) is 1. The first-order valence-corrected chi connectivity index (χ1v) is 5.75. The molecule has 0 amide bonds. The molecule has 2 heteroatoms. The Morgan fingerprint density at radius 1 is 0.929 bits per heavy atom. The zero-order valence-corrected chi connectivity index (χ0v) is 10.0. The molecule has 0 aliphatic carbocycles. The van der Waals surface area contributed by atoms with Crippen molar-refractivity contribution in [3.63, 3.8) is 0 Å². The van der Waals surface area contributed by atoms with Crippen LogP contribution < -0.4 is 0 Å². The number of aliphatic hydroxyl groups excluding tert-OH is 1. The van der Waals surface area contributed by atoms with Crippen LogP contribution in [-0.2, 0) is 4.74 Å². The van der Waals surface area contributed by atoms with Crippen LogP contribution in [0.4, 0.5) is 0 Å². The van der Waals surface area contributed by atoms with Gasteiger partial charge in [-0.25, -0.2) is 0 Å². The van der Waals surface area contributed by atoms with E-state index in [0.29, 0.717) is 12.0 Å². The van der Waals surface area contributed by atoms with Gasteiger partial charge in [0, 0.05) is 19.8 Å². The monoisotopic (exact) mass is 202 g/mol. The summed E-state index contributed by atoms with van der Waals surface area (Å²) >= 11 is 0. The van der Waals surface area contributed by atoms with Crippen LogP contribution >= 0.6 is 0 Å². The molecule has 0 unspecified atom stereocenters. The first-order valence-electron chi connectivity index (χ1n) is 5.75. The van der Waals surface area contributed by atoms with Gasteiger partial charge in [-0.1, -0.05) is 33.6 Å². The third kappa shape index (κ3) is 11.9. The molecule has 0 atom stereocenters. The van der Waals surface area contributed by atoms with Crippen LogP contribution in [-0.4, -0.2) is 24.9 Å². The van der Waals surface area contributed by atoms with Gasteiger partial charge in [0.05, 0.1) is 0 Å². The summed E-state index contributed by atoms with van der Waals surface area (Å²) in [6.45, 7) is 8.78. The maximum absolute atomic E-state index is 8.57. The molecule has 0 rings (SSSR count). The fourth-order valence-electron chi connectivity index (χ4n) is 1.15. The molecule has 0 saturated carbocycles. The lowest BCUT2D eigenvalue weighted by molar-refractivity contribution is 0.104. The molecule has 0 bridgehead atoms. The van der Waals surface area contributed by atoms with Crippen molar-refractivity contribution in [1.29, 1.82) is 0 Å². The van der Waals surface area contributed by atoms with E-state index < -0.39 is 0 Å². The zero-order valence-electron chi connectivity index (χ0n) is 10.0. The lowest BCUT2D eigenvalue weighted by Gasteiger charge is -2.17. The summed E-state index contributed by atoms with van der Waals surface area (Å²) in [7, 11) is 0. The third-order valence-corrected chi connectivity index (χ3v) is 2.19. The minimum Gasteiger partial charge on any atom is -0.396 e. The van der Waals surface area contributed by atoms with Gasteiger partial charge in [-0.05, 0) is 24.7 Å². The summed E-state index contributed by atoms with van der Waals surface area (Å²) in [6, 6.07) is 0.